The third kappa shape index (κ3) is 3.06. The van der Waals surface area contributed by atoms with Gasteiger partial charge in [-0.15, -0.1) is 0 Å². The van der Waals surface area contributed by atoms with E-state index in [0.717, 1.165) is 0 Å². The fourth-order valence-corrected chi connectivity index (χ4v) is 0.785. The summed E-state index contributed by atoms with van der Waals surface area (Å²) in [6.07, 6.45) is 3.09. The summed E-state index contributed by atoms with van der Waals surface area (Å²) in [4.78, 5) is 14.9. The van der Waals surface area contributed by atoms with Crippen LogP contribution in [-0.4, -0.2) is 16.0 Å². The van der Waals surface area contributed by atoms with E-state index in [1.807, 2.05) is 0 Å². The van der Waals surface area contributed by atoms with E-state index in [0.29, 0.717) is 11.7 Å². The molecule has 0 spiro atoms. The zero-order valence-corrected chi connectivity index (χ0v) is 7.57. The molecule has 1 amide bonds. The number of aryl methyl sites for hydroxylation is 1. The van der Waals surface area contributed by atoms with Crippen LogP contribution in [-0.2, 0) is 11.3 Å². The smallest absolute Gasteiger partial charge is 0.246 e. The van der Waals surface area contributed by atoms with Crippen molar-refractivity contribution in [2.24, 2.45) is 0 Å². The molecule has 1 N–H and O–H groups in total. The van der Waals surface area contributed by atoms with Crippen molar-refractivity contribution in [3.8, 4) is 0 Å². The molecule has 70 valence electrons. The van der Waals surface area contributed by atoms with E-state index < -0.39 is 0 Å². The van der Waals surface area contributed by atoms with Crippen LogP contribution >= 0.6 is 0 Å². The van der Waals surface area contributed by atoms with Gasteiger partial charge in [0, 0.05) is 0 Å². The Balaban J connectivity index is 2.39. The first-order valence-electron chi connectivity index (χ1n) is 3.92. The quantitative estimate of drug-likeness (QED) is 0.692. The van der Waals surface area contributed by atoms with Crippen molar-refractivity contribution in [1.29, 1.82) is 0 Å². The van der Waals surface area contributed by atoms with Gasteiger partial charge in [-0.2, -0.15) is 4.98 Å². The summed E-state index contributed by atoms with van der Waals surface area (Å²) in [6, 6.07) is 0. The second kappa shape index (κ2) is 4.39. The first-order chi connectivity index (χ1) is 6.22. The number of carbonyl (C=O) groups is 1. The van der Waals surface area contributed by atoms with Crippen molar-refractivity contribution >= 4 is 5.91 Å². The lowest BCUT2D eigenvalue weighted by Crippen LogP contribution is -2.20. The summed E-state index contributed by atoms with van der Waals surface area (Å²) in [7, 11) is 0. The molecule has 13 heavy (non-hydrogen) atoms. The monoisotopic (exact) mass is 181 g/mol. The van der Waals surface area contributed by atoms with Crippen LogP contribution in [0.2, 0.25) is 0 Å². The largest absolute Gasteiger partial charge is 0.343 e. The molecular weight excluding hydrogens is 170 g/mol. The fourth-order valence-electron chi connectivity index (χ4n) is 0.785. The highest BCUT2D eigenvalue weighted by atomic mass is 16.5. The Kier molecular flexibility index (Phi) is 3.19. The van der Waals surface area contributed by atoms with Gasteiger partial charge < -0.3 is 9.84 Å². The van der Waals surface area contributed by atoms with Crippen molar-refractivity contribution in [1.82, 2.24) is 15.5 Å². The van der Waals surface area contributed by atoms with Crippen LogP contribution in [0.15, 0.2) is 16.7 Å². The molecule has 1 rings (SSSR count). The standard InChI is InChI=1S/C8H11N3O2/c1-3-4-7(12)9-5-8-10-6(2)11-13-8/h3-4H,5H2,1-2H3,(H,9,12). The van der Waals surface area contributed by atoms with Gasteiger partial charge in [-0.25, -0.2) is 0 Å². The van der Waals surface area contributed by atoms with Gasteiger partial charge in [0.05, 0.1) is 6.54 Å². The molecule has 0 atom stereocenters. The van der Waals surface area contributed by atoms with E-state index in [4.69, 9.17) is 4.52 Å². The Morgan fingerprint density at radius 1 is 1.69 bits per heavy atom. The van der Waals surface area contributed by atoms with Gasteiger partial charge in [-0.3, -0.25) is 4.79 Å². The van der Waals surface area contributed by atoms with Gasteiger partial charge in [-0.1, -0.05) is 11.2 Å². The summed E-state index contributed by atoms with van der Waals surface area (Å²) in [5.41, 5.74) is 0. The Labute approximate surface area is 75.8 Å². The van der Waals surface area contributed by atoms with E-state index in [9.17, 15) is 4.79 Å². The molecule has 0 aliphatic carbocycles. The molecule has 5 nitrogen and oxygen atoms in total. The molecule has 1 heterocycles. The van der Waals surface area contributed by atoms with Gasteiger partial charge in [0.1, 0.15) is 0 Å². The maximum Gasteiger partial charge on any atom is 0.246 e. The van der Waals surface area contributed by atoms with Crippen molar-refractivity contribution < 1.29 is 9.32 Å². The third-order valence-electron chi connectivity index (χ3n) is 1.30. The lowest BCUT2D eigenvalue weighted by molar-refractivity contribution is -0.116. The number of hydrogen-bond acceptors (Lipinski definition) is 4. The van der Waals surface area contributed by atoms with Crippen LogP contribution in [0.3, 0.4) is 0 Å². The first-order valence-corrected chi connectivity index (χ1v) is 3.92. The minimum atomic E-state index is -0.168. The van der Waals surface area contributed by atoms with Crippen LogP contribution < -0.4 is 5.32 Å². The Morgan fingerprint density at radius 2 is 2.46 bits per heavy atom. The molecule has 1 aromatic rings. The number of nitrogens with one attached hydrogen (secondary N) is 1. The first kappa shape index (κ1) is 9.44. The summed E-state index contributed by atoms with van der Waals surface area (Å²) in [6.45, 7) is 3.77. The fraction of sp³-hybridized carbons (Fsp3) is 0.375. The minimum absolute atomic E-state index is 0.168. The summed E-state index contributed by atoms with van der Waals surface area (Å²) in [5.74, 6) is 0.809. The predicted molar refractivity (Wildman–Crippen MR) is 45.7 cm³/mol. The average Bonchev–Trinajstić information content (AvgIpc) is 2.49. The summed E-state index contributed by atoms with van der Waals surface area (Å²) in [5, 5.41) is 6.18. The number of amides is 1. The Morgan fingerprint density at radius 3 is 3.00 bits per heavy atom. The topological polar surface area (TPSA) is 68.0 Å². The molecule has 0 unspecified atom stereocenters. The maximum atomic E-state index is 10.9. The van der Waals surface area contributed by atoms with Crippen LogP contribution in [0, 0.1) is 6.92 Å². The van der Waals surface area contributed by atoms with E-state index in [-0.39, 0.29) is 12.5 Å². The SMILES string of the molecule is CC=CC(=O)NCc1nc(C)no1. The van der Waals surface area contributed by atoms with Gasteiger partial charge in [0.25, 0.3) is 0 Å². The maximum absolute atomic E-state index is 10.9. The number of hydrogen-bond donors (Lipinski definition) is 1. The second-order valence-corrected chi connectivity index (χ2v) is 2.45. The predicted octanol–water partition coefficient (Wildman–Crippen LogP) is 0.570. The van der Waals surface area contributed by atoms with Gasteiger partial charge in [0.15, 0.2) is 5.82 Å². The second-order valence-electron chi connectivity index (χ2n) is 2.45. The van der Waals surface area contributed by atoms with Gasteiger partial charge >= 0.3 is 0 Å². The molecule has 0 aliphatic heterocycles. The number of rotatable bonds is 3. The highest BCUT2D eigenvalue weighted by Gasteiger charge is 2.02. The molecule has 0 saturated heterocycles. The van der Waals surface area contributed by atoms with Gasteiger partial charge in [-0.05, 0) is 19.9 Å². The molecule has 0 radical (unpaired) electrons. The van der Waals surface area contributed by atoms with Crippen molar-refractivity contribution in [3.05, 3.63) is 23.9 Å². The zero-order chi connectivity index (χ0) is 9.68. The highest BCUT2D eigenvalue weighted by Crippen LogP contribution is 1.94. The van der Waals surface area contributed by atoms with Crippen LogP contribution in [0.25, 0.3) is 0 Å². The molecule has 0 aromatic carbocycles. The molecule has 0 aliphatic rings. The molecule has 5 heteroatoms. The lowest BCUT2D eigenvalue weighted by Gasteiger charge is -1.94. The average molecular weight is 181 g/mol. The third-order valence-corrected chi connectivity index (χ3v) is 1.30. The van der Waals surface area contributed by atoms with Gasteiger partial charge in [0.2, 0.25) is 11.8 Å². The molecule has 0 bridgehead atoms. The summed E-state index contributed by atoms with van der Waals surface area (Å²) >= 11 is 0. The van der Waals surface area contributed by atoms with Crippen molar-refractivity contribution in [2.45, 2.75) is 20.4 Å². The van der Waals surface area contributed by atoms with E-state index in [1.165, 1.54) is 6.08 Å². The van der Waals surface area contributed by atoms with Crippen LogP contribution in [0.5, 0.6) is 0 Å². The van der Waals surface area contributed by atoms with Crippen LogP contribution in [0.1, 0.15) is 18.6 Å². The Hall–Kier alpha value is -1.65. The molecule has 1 aromatic heterocycles. The van der Waals surface area contributed by atoms with E-state index in [2.05, 4.69) is 15.5 Å². The number of carbonyl (C=O) groups excluding carboxylic acids is 1. The molecular formula is C8H11N3O2. The number of nitrogens with zero attached hydrogens (tertiary/aromatic N) is 2. The summed E-state index contributed by atoms with van der Waals surface area (Å²) < 4.78 is 4.79. The van der Waals surface area contributed by atoms with E-state index in [1.54, 1.807) is 19.9 Å². The zero-order valence-electron chi connectivity index (χ0n) is 7.57. The number of allylic oxidation sites excluding steroid dienone is 1. The minimum Gasteiger partial charge on any atom is -0.343 e. The highest BCUT2D eigenvalue weighted by molar-refractivity contribution is 5.87. The Bertz CT molecular complexity index is 317. The number of aromatic nitrogens is 2. The normalized spacial score (nSPS) is 10.6. The van der Waals surface area contributed by atoms with Crippen LogP contribution in [0.4, 0.5) is 0 Å². The molecule has 0 saturated carbocycles. The molecule has 0 fully saturated rings. The van der Waals surface area contributed by atoms with Crippen molar-refractivity contribution in [2.75, 3.05) is 0 Å². The van der Waals surface area contributed by atoms with Crippen molar-refractivity contribution in [3.63, 3.8) is 0 Å². The lowest BCUT2D eigenvalue weighted by atomic mass is 10.5. The van der Waals surface area contributed by atoms with E-state index >= 15 is 0 Å².